The molecular formula is C13H20N2OS. The largest absolute Gasteiger partial charge is 0.376 e. The standard InChI is InChI=1S/C13H20N2OS/c1-4-15(5-2)13(16)10-14-11-7-6-8-12(9-11)17-3/h6-9,14H,4-5,10H2,1-3H3. The second kappa shape index (κ2) is 7.22. The van der Waals surface area contributed by atoms with Crippen molar-refractivity contribution >= 4 is 23.4 Å². The van der Waals surface area contributed by atoms with Crippen LogP contribution in [0.3, 0.4) is 0 Å². The van der Waals surface area contributed by atoms with Crippen molar-refractivity contribution in [2.45, 2.75) is 18.7 Å². The molecule has 1 amide bonds. The second-order valence-electron chi connectivity index (χ2n) is 3.65. The first kappa shape index (κ1) is 13.9. The van der Waals surface area contributed by atoms with Gasteiger partial charge in [-0.25, -0.2) is 0 Å². The van der Waals surface area contributed by atoms with Gasteiger partial charge in [0.15, 0.2) is 0 Å². The van der Waals surface area contributed by atoms with Gasteiger partial charge in [0.1, 0.15) is 0 Å². The first-order valence-corrected chi connectivity index (χ1v) is 7.09. The second-order valence-corrected chi connectivity index (χ2v) is 4.53. The van der Waals surface area contributed by atoms with Crippen LogP contribution in [-0.4, -0.2) is 36.7 Å². The van der Waals surface area contributed by atoms with Crippen LogP contribution in [0.2, 0.25) is 0 Å². The van der Waals surface area contributed by atoms with E-state index in [2.05, 4.69) is 17.4 Å². The van der Waals surface area contributed by atoms with Crippen LogP contribution < -0.4 is 5.32 Å². The van der Waals surface area contributed by atoms with E-state index < -0.39 is 0 Å². The fourth-order valence-corrected chi connectivity index (χ4v) is 2.06. The van der Waals surface area contributed by atoms with Crippen LogP contribution in [0, 0.1) is 0 Å². The lowest BCUT2D eigenvalue weighted by Crippen LogP contribution is -2.35. The fraction of sp³-hybridized carbons (Fsp3) is 0.462. The maximum atomic E-state index is 11.8. The van der Waals surface area contributed by atoms with Crippen LogP contribution in [0.25, 0.3) is 0 Å². The molecule has 1 rings (SSSR count). The maximum absolute atomic E-state index is 11.8. The van der Waals surface area contributed by atoms with Gasteiger partial charge in [0.2, 0.25) is 5.91 Å². The van der Waals surface area contributed by atoms with E-state index in [-0.39, 0.29) is 5.91 Å². The van der Waals surface area contributed by atoms with E-state index in [1.165, 1.54) is 4.90 Å². The Morgan fingerprint density at radius 1 is 1.35 bits per heavy atom. The minimum atomic E-state index is 0.143. The summed E-state index contributed by atoms with van der Waals surface area (Å²) in [5, 5.41) is 3.16. The van der Waals surface area contributed by atoms with Crippen LogP contribution in [0.5, 0.6) is 0 Å². The van der Waals surface area contributed by atoms with Gasteiger partial charge >= 0.3 is 0 Å². The zero-order valence-corrected chi connectivity index (χ0v) is 11.5. The summed E-state index contributed by atoms with van der Waals surface area (Å²) in [6.07, 6.45) is 2.04. The van der Waals surface area contributed by atoms with E-state index in [0.717, 1.165) is 18.8 Å². The molecule has 4 heteroatoms. The van der Waals surface area contributed by atoms with Gasteiger partial charge < -0.3 is 10.2 Å². The predicted octanol–water partition coefficient (Wildman–Crippen LogP) is 2.69. The van der Waals surface area contributed by atoms with E-state index in [1.807, 2.05) is 37.1 Å². The van der Waals surface area contributed by atoms with E-state index >= 15 is 0 Å². The Kier molecular flexibility index (Phi) is 5.91. The molecule has 0 aliphatic carbocycles. The van der Waals surface area contributed by atoms with Crippen molar-refractivity contribution in [2.24, 2.45) is 0 Å². The van der Waals surface area contributed by atoms with Crippen LogP contribution in [0.4, 0.5) is 5.69 Å². The lowest BCUT2D eigenvalue weighted by Gasteiger charge is -2.19. The van der Waals surface area contributed by atoms with Crippen LogP contribution in [0.15, 0.2) is 29.2 Å². The van der Waals surface area contributed by atoms with Crippen molar-refractivity contribution in [3.05, 3.63) is 24.3 Å². The van der Waals surface area contributed by atoms with Crippen LogP contribution in [0.1, 0.15) is 13.8 Å². The number of anilines is 1. The van der Waals surface area contributed by atoms with Gasteiger partial charge in [-0.3, -0.25) is 4.79 Å². The highest BCUT2D eigenvalue weighted by atomic mass is 32.2. The van der Waals surface area contributed by atoms with Crippen LogP contribution in [-0.2, 0) is 4.79 Å². The molecule has 17 heavy (non-hydrogen) atoms. The first-order chi connectivity index (χ1) is 8.21. The third-order valence-electron chi connectivity index (χ3n) is 2.63. The van der Waals surface area contributed by atoms with Crippen molar-refractivity contribution in [1.82, 2.24) is 4.90 Å². The molecule has 1 N–H and O–H groups in total. The zero-order valence-electron chi connectivity index (χ0n) is 10.7. The summed E-state index contributed by atoms with van der Waals surface area (Å²) in [7, 11) is 0. The molecule has 3 nitrogen and oxygen atoms in total. The molecule has 0 radical (unpaired) electrons. The molecule has 0 fully saturated rings. The quantitative estimate of drug-likeness (QED) is 0.790. The van der Waals surface area contributed by atoms with E-state index in [1.54, 1.807) is 11.8 Å². The van der Waals surface area contributed by atoms with Gasteiger partial charge in [0.25, 0.3) is 0 Å². The highest BCUT2D eigenvalue weighted by Gasteiger charge is 2.08. The average Bonchev–Trinajstić information content (AvgIpc) is 2.38. The number of carbonyl (C=O) groups excluding carboxylic acids is 1. The summed E-state index contributed by atoms with van der Waals surface area (Å²) >= 11 is 1.70. The summed E-state index contributed by atoms with van der Waals surface area (Å²) in [6.45, 7) is 5.88. The van der Waals surface area contributed by atoms with Gasteiger partial charge in [-0.05, 0) is 38.3 Å². The number of benzene rings is 1. The number of amides is 1. The number of hydrogen-bond acceptors (Lipinski definition) is 3. The average molecular weight is 252 g/mol. The lowest BCUT2D eigenvalue weighted by molar-refractivity contribution is -0.128. The molecule has 0 aromatic heterocycles. The first-order valence-electron chi connectivity index (χ1n) is 5.87. The molecule has 0 aliphatic rings. The third kappa shape index (κ3) is 4.30. The number of likely N-dealkylation sites (N-methyl/N-ethyl adjacent to an activating group) is 1. The molecule has 94 valence electrons. The molecular weight excluding hydrogens is 232 g/mol. The number of carbonyl (C=O) groups is 1. The minimum Gasteiger partial charge on any atom is -0.376 e. The van der Waals surface area contributed by atoms with Crippen molar-refractivity contribution in [3.8, 4) is 0 Å². The smallest absolute Gasteiger partial charge is 0.241 e. The van der Waals surface area contributed by atoms with Gasteiger partial charge in [0, 0.05) is 23.7 Å². The molecule has 0 saturated carbocycles. The number of rotatable bonds is 6. The Morgan fingerprint density at radius 3 is 2.65 bits per heavy atom. The predicted molar refractivity (Wildman–Crippen MR) is 74.6 cm³/mol. The van der Waals surface area contributed by atoms with Gasteiger partial charge in [-0.15, -0.1) is 11.8 Å². The van der Waals surface area contributed by atoms with E-state index in [9.17, 15) is 4.79 Å². The Balaban J connectivity index is 2.52. The molecule has 0 spiro atoms. The van der Waals surface area contributed by atoms with Crippen molar-refractivity contribution in [3.63, 3.8) is 0 Å². The molecule has 0 heterocycles. The monoisotopic (exact) mass is 252 g/mol. The van der Waals surface area contributed by atoms with E-state index in [4.69, 9.17) is 0 Å². The van der Waals surface area contributed by atoms with E-state index in [0.29, 0.717) is 6.54 Å². The van der Waals surface area contributed by atoms with Crippen LogP contribution >= 0.6 is 11.8 Å². The normalized spacial score (nSPS) is 10.1. The SMILES string of the molecule is CCN(CC)C(=O)CNc1cccc(SC)c1. The molecule has 0 aliphatic heterocycles. The number of thioether (sulfide) groups is 1. The number of nitrogens with zero attached hydrogens (tertiary/aromatic N) is 1. The molecule has 1 aromatic carbocycles. The Hall–Kier alpha value is -1.16. The molecule has 0 bridgehead atoms. The molecule has 1 aromatic rings. The molecule has 0 unspecified atom stereocenters. The number of hydrogen-bond donors (Lipinski definition) is 1. The molecule has 0 saturated heterocycles. The van der Waals surface area contributed by atoms with Gasteiger partial charge in [-0.2, -0.15) is 0 Å². The summed E-state index contributed by atoms with van der Waals surface area (Å²) in [5.74, 6) is 0.143. The Bertz CT molecular complexity index is 364. The van der Waals surface area contributed by atoms with Crippen molar-refractivity contribution in [2.75, 3.05) is 31.2 Å². The number of nitrogens with one attached hydrogen (secondary N) is 1. The third-order valence-corrected chi connectivity index (χ3v) is 3.35. The zero-order chi connectivity index (χ0) is 12.7. The molecule has 0 atom stereocenters. The highest BCUT2D eigenvalue weighted by molar-refractivity contribution is 7.98. The Morgan fingerprint density at radius 2 is 2.06 bits per heavy atom. The summed E-state index contributed by atoms with van der Waals surface area (Å²) < 4.78 is 0. The lowest BCUT2D eigenvalue weighted by atomic mass is 10.3. The van der Waals surface area contributed by atoms with Gasteiger partial charge in [0.05, 0.1) is 6.54 Å². The summed E-state index contributed by atoms with van der Waals surface area (Å²) in [5.41, 5.74) is 0.998. The van der Waals surface area contributed by atoms with Crippen molar-refractivity contribution in [1.29, 1.82) is 0 Å². The fourth-order valence-electron chi connectivity index (χ4n) is 1.60. The highest BCUT2D eigenvalue weighted by Crippen LogP contribution is 2.18. The maximum Gasteiger partial charge on any atom is 0.241 e. The Labute approximate surface area is 108 Å². The van der Waals surface area contributed by atoms with Crippen molar-refractivity contribution < 1.29 is 4.79 Å². The van der Waals surface area contributed by atoms with Gasteiger partial charge in [-0.1, -0.05) is 6.07 Å². The topological polar surface area (TPSA) is 32.3 Å². The minimum absolute atomic E-state index is 0.143. The summed E-state index contributed by atoms with van der Waals surface area (Å²) in [6, 6.07) is 8.09. The summed E-state index contributed by atoms with van der Waals surface area (Å²) in [4.78, 5) is 14.8.